The molecule has 1 aromatic carbocycles. The van der Waals surface area contributed by atoms with Crippen molar-refractivity contribution in [3.8, 4) is 0 Å². The fourth-order valence-corrected chi connectivity index (χ4v) is 4.02. The van der Waals surface area contributed by atoms with Crippen LogP contribution in [0.3, 0.4) is 0 Å². The lowest BCUT2D eigenvalue weighted by Gasteiger charge is -2.34. The molecular formula is C21H33N3O. The van der Waals surface area contributed by atoms with E-state index in [1.165, 1.54) is 56.4 Å². The fraction of sp³-hybridized carbons (Fsp3) is 0.667. The summed E-state index contributed by atoms with van der Waals surface area (Å²) in [5.41, 5.74) is 3.38. The van der Waals surface area contributed by atoms with Gasteiger partial charge in [-0.25, -0.2) is 4.79 Å². The van der Waals surface area contributed by atoms with E-state index in [0.717, 1.165) is 37.5 Å². The third-order valence-corrected chi connectivity index (χ3v) is 5.88. The van der Waals surface area contributed by atoms with Crippen LogP contribution in [0.15, 0.2) is 18.2 Å². The molecule has 3 rings (SSSR count). The lowest BCUT2D eigenvalue weighted by Crippen LogP contribution is -2.43. The first kappa shape index (κ1) is 18.2. The van der Waals surface area contributed by atoms with Crippen molar-refractivity contribution in [2.75, 3.05) is 38.0 Å². The van der Waals surface area contributed by atoms with Crippen LogP contribution in [0.4, 0.5) is 10.5 Å². The van der Waals surface area contributed by atoms with E-state index in [2.05, 4.69) is 36.2 Å². The Morgan fingerprint density at radius 2 is 1.68 bits per heavy atom. The molecule has 4 nitrogen and oxygen atoms in total. The quantitative estimate of drug-likeness (QED) is 0.881. The summed E-state index contributed by atoms with van der Waals surface area (Å²) in [5, 5.41) is 3.06. The summed E-state index contributed by atoms with van der Waals surface area (Å²) >= 11 is 0. The highest BCUT2D eigenvalue weighted by atomic mass is 16.2. The number of anilines is 1. The van der Waals surface area contributed by atoms with Crippen molar-refractivity contribution >= 4 is 11.7 Å². The van der Waals surface area contributed by atoms with Crippen LogP contribution in [-0.4, -0.2) is 48.6 Å². The third kappa shape index (κ3) is 5.21. The van der Waals surface area contributed by atoms with Gasteiger partial charge in [0.2, 0.25) is 0 Å². The molecule has 1 aromatic rings. The number of hydrogen-bond acceptors (Lipinski definition) is 2. The molecule has 0 saturated carbocycles. The average Bonchev–Trinajstić information content (AvgIpc) is 2.87. The van der Waals surface area contributed by atoms with Gasteiger partial charge in [-0.3, -0.25) is 0 Å². The normalized spacial score (nSPS) is 20.3. The summed E-state index contributed by atoms with van der Waals surface area (Å²) in [6.07, 6.45) is 7.78. The molecule has 0 radical (unpaired) electrons. The van der Waals surface area contributed by atoms with Crippen LogP contribution >= 0.6 is 0 Å². The number of likely N-dealkylation sites (tertiary alicyclic amines) is 2. The number of carbonyl (C=O) groups excluding carboxylic acids is 1. The fourth-order valence-electron chi connectivity index (χ4n) is 4.02. The van der Waals surface area contributed by atoms with Crippen molar-refractivity contribution < 1.29 is 4.79 Å². The van der Waals surface area contributed by atoms with Gasteiger partial charge in [-0.05, 0) is 81.8 Å². The van der Waals surface area contributed by atoms with Gasteiger partial charge in [-0.1, -0.05) is 18.9 Å². The minimum atomic E-state index is 0.0523. The van der Waals surface area contributed by atoms with Gasteiger partial charge in [0.1, 0.15) is 0 Å². The van der Waals surface area contributed by atoms with E-state index in [4.69, 9.17) is 0 Å². The van der Waals surface area contributed by atoms with Crippen LogP contribution in [-0.2, 0) is 0 Å². The van der Waals surface area contributed by atoms with Crippen LogP contribution in [0, 0.1) is 19.8 Å². The maximum absolute atomic E-state index is 12.5. The van der Waals surface area contributed by atoms with Crippen molar-refractivity contribution in [3.05, 3.63) is 29.3 Å². The van der Waals surface area contributed by atoms with Crippen LogP contribution in [0.25, 0.3) is 0 Å². The second-order valence-corrected chi connectivity index (χ2v) is 7.87. The molecule has 0 aromatic heterocycles. The van der Waals surface area contributed by atoms with Gasteiger partial charge in [0.05, 0.1) is 0 Å². The second-order valence-electron chi connectivity index (χ2n) is 7.87. The Morgan fingerprint density at radius 1 is 1.00 bits per heavy atom. The number of piperidine rings is 1. The Labute approximate surface area is 152 Å². The molecule has 25 heavy (non-hydrogen) atoms. The number of carbonyl (C=O) groups is 1. The van der Waals surface area contributed by atoms with Crippen LogP contribution < -0.4 is 5.32 Å². The minimum Gasteiger partial charge on any atom is -0.325 e. The molecule has 0 atom stereocenters. The van der Waals surface area contributed by atoms with E-state index in [1.807, 2.05) is 11.0 Å². The molecule has 4 heteroatoms. The van der Waals surface area contributed by atoms with Crippen molar-refractivity contribution in [1.29, 1.82) is 0 Å². The molecule has 2 aliphatic heterocycles. The van der Waals surface area contributed by atoms with Crippen LogP contribution in [0.1, 0.15) is 49.7 Å². The molecule has 1 N–H and O–H groups in total. The highest BCUT2D eigenvalue weighted by Crippen LogP contribution is 2.21. The topological polar surface area (TPSA) is 35.6 Å². The maximum Gasteiger partial charge on any atom is 0.321 e. The van der Waals surface area contributed by atoms with Gasteiger partial charge in [-0.15, -0.1) is 0 Å². The van der Waals surface area contributed by atoms with Gasteiger partial charge < -0.3 is 15.1 Å². The number of rotatable bonds is 3. The monoisotopic (exact) mass is 343 g/mol. The Hall–Kier alpha value is -1.55. The van der Waals surface area contributed by atoms with E-state index >= 15 is 0 Å². The number of nitrogens with one attached hydrogen (secondary N) is 1. The van der Waals surface area contributed by atoms with Gasteiger partial charge >= 0.3 is 6.03 Å². The minimum absolute atomic E-state index is 0.0523. The smallest absolute Gasteiger partial charge is 0.321 e. The number of urea groups is 1. The zero-order chi connectivity index (χ0) is 17.6. The molecule has 138 valence electrons. The SMILES string of the molecule is Cc1ccc(NC(=O)N2CCC(CN3CCCCCC3)CC2)cc1C. The van der Waals surface area contributed by atoms with Crippen molar-refractivity contribution in [2.24, 2.45) is 5.92 Å². The predicted molar refractivity (Wildman–Crippen MR) is 104 cm³/mol. The van der Waals surface area contributed by atoms with E-state index in [9.17, 15) is 4.79 Å². The molecule has 2 amide bonds. The standard InChI is InChI=1S/C21H33N3O/c1-17-7-8-20(15-18(17)2)22-21(25)24-13-9-19(10-14-24)16-23-11-5-3-4-6-12-23/h7-8,15,19H,3-6,9-14,16H2,1-2H3,(H,22,25). The molecule has 0 bridgehead atoms. The average molecular weight is 344 g/mol. The summed E-state index contributed by atoms with van der Waals surface area (Å²) in [6.45, 7) is 9.72. The first-order valence-electron chi connectivity index (χ1n) is 9.97. The van der Waals surface area contributed by atoms with Crippen molar-refractivity contribution in [1.82, 2.24) is 9.80 Å². The number of benzene rings is 1. The third-order valence-electron chi connectivity index (χ3n) is 5.88. The lowest BCUT2D eigenvalue weighted by molar-refractivity contribution is 0.155. The van der Waals surface area contributed by atoms with Gasteiger partial charge in [0.25, 0.3) is 0 Å². The van der Waals surface area contributed by atoms with Crippen molar-refractivity contribution in [2.45, 2.75) is 52.4 Å². The summed E-state index contributed by atoms with van der Waals surface area (Å²) in [5.74, 6) is 0.753. The first-order chi connectivity index (χ1) is 12.1. The molecular weight excluding hydrogens is 310 g/mol. The van der Waals surface area contributed by atoms with E-state index in [0.29, 0.717) is 0 Å². The Balaban J connectivity index is 1.44. The molecule has 2 saturated heterocycles. The summed E-state index contributed by atoms with van der Waals surface area (Å²) in [4.78, 5) is 17.1. The molecule has 2 heterocycles. The van der Waals surface area contributed by atoms with Crippen LogP contribution in [0.5, 0.6) is 0 Å². The molecule has 2 aliphatic rings. The summed E-state index contributed by atoms with van der Waals surface area (Å²) in [6, 6.07) is 6.17. The van der Waals surface area contributed by atoms with E-state index in [-0.39, 0.29) is 6.03 Å². The molecule has 0 aliphatic carbocycles. The Kier molecular flexibility index (Phi) is 6.35. The highest BCUT2D eigenvalue weighted by Gasteiger charge is 2.24. The van der Waals surface area contributed by atoms with Crippen LogP contribution in [0.2, 0.25) is 0 Å². The number of nitrogens with zero attached hydrogens (tertiary/aromatic N) is 2. The predicted octanol–water partition coefficient (Wildman–Crippen LogP) is 4.42. The highest BCUT2D eigenvalue weighted by molar-refractivity contribution is 5.89. The van der Waals surface area contributed by atoms with E-state index in [1.54, 1.807) is 0 Å². The largest absolute Gasteiger partial charge is 0.325 e. The second kappa shape index (κ2) is 8.70. The van der Waals surface area contributed by atoms with Gasteiger partial charge in [0.15, 0.2) is 0 Å². The summed E-state index contributed by atoms with van der Waals surface area (Å²) < 4.78 is 0. The molecule has 0 unspecified atom stereocenters. The zero-order valence-corrected chi connectivity index (χ0v) is 15.9. The maximum atomic E-state index is 12.5. The van der Waals surface area contributed by atoms with E-state index < -0.39 is 0 Å². The van der Waals surface area contributed by atoms with Gasteiger partial charge in [-0.2, -0.15) is 0 Å². The Bertz CT molecular complexity index is 571. The Morgan fingerprint density at radius 3 is 2.32 bits per heavy atom. The van der Waals surface area contributed by atoms with Crippen molar-refractivity contribution in [3.63, 3.8) is 0 Å². The lowest BCUT2D eigenvalue weighted by atomic mass is 9.96. The number of aryl methyl sites for hydroxylation is 2. The molecule has 2 fully saturated rings. The first-order valence-corrected chi connectivity index (χ1v) is 9.97. The zero-order valence-electron chi connectivity index (χ0n) is 15.9. The number of amides is 2. The molecule has 0 spiro atoms. The summed E-state index contributed by atoms with van der Waals surface area (Å²) in [7, 11) is 0. The number of hydrogen-bond donors (Lipinski definition) is 1. The van der Waals surface area contributed by atoms with Gasteiger partial charge in [0, 0.05) is 25.3 Å².